The normalized spacial score (nSPS) is 21.6. The number of alkyl halides is 3. The van der Waals surface area contributed by atoms with Crippen molar-refractivity contribution < 1.29 is 22.8 Å². The molecular formula is C18H21F3N4O2S. The largest absolute Gasteiger partial charge is 0.416 e. The molecule has 2 aliphatic rings. The number of amides is 2. The summed E-state index contributed by atoms with van der Waals surface area (Å²) in [5.41, 5.74) is 5.57. The van der Waals surface area contributed by atoms with Crippen molar-refractivity contribution in [3.8, 4) is 0 Å². The lowest BCUT2D eigenvalue weighted by Crippen LogP contribution is -2.34. The number of benzene rings is 1. The van der Waals surface area contributed by atoms with Crippen LogP contribution in [0.4, 0.5) is 23.7 Å². The molecule has 0 spiro atoms. The number of imide groups is 1. The Morgan fingerprint density at radius 2 is 2.14 bits per heavy atom. The van der Waals surface area contributed by atoms with Crippen molar-refractivity contribution in [3.05, 3.63) is 34.2 Å². The number of nitrogens with two attached hydrogens (primary N) is 1. The summed E-state index contributed by atoms with van der Waals surface area (Å²) in [6.07, 6.45) is -1.43. The molecule has 0 saturated carbocycles. The topological polar surface area (TPSA) is 87.5 Å². The Bertz CT molecular complexity index is 798. The molecule has 1 unspecified atom stereocenters. The molecular weight excluding hydrogens is 393 g/mol. The van der Waals surface area contributed by atoms with Gasteiger partial charge in [-0.05, 0) is 67.5 Å². The number of anilines is 1. The predicted octanol–water partition coefficient (Wildman–Crippen LogP) is 2.55. The van der Waals surface area contributed by atoms with Crippen LogP contribution in [0.2, 0.25) is 0 Å². The van der Waals surface area contributed by atoms with E-state index < -0.39 is 22.9 Å². The van der Waals surface area contributed by atoms with Crippen LogP contribution in [-0.4, -0.2) is 43.4 Å². The molecule has 2 aliphatic heterocycles. The third-order valence-electron chi connectivity index (χ3n) is 4.63. The highest BCUT2D eigenvalue weighted by atomic mass is 32.2. The second-order valence-electron chi connectivity index (χ2n) is 6.65. The molecule has 1 aromatic rings. The number of rotatable bonds is 6. The van der Waals surface area contributed by atoms with Crippen molar-refractivity contribution in [2.75, 3.05) is 31.1 Å². The number of hydrogen-bond donors (Lipinski definition) is 3. The Balaban J connectivity index is 1.87. The predicted molar refractivity (Wildman–Crippen MR) is 103 cm³/mol. The van der Waals surface area contributed by atoms with Crippen LogP contribution in [0.15, 0.2) is 23.1 Å². The van der Waals surface area contributed by atoms with E-state index in [1.165, 1.54) is 12.1 Å². The fourth-order valence-electron chi connectivity index (χ4n) is 3.25. The van der Waals surface area contributed by atoms with Crippen LogP contribution in [0.5, 0.6) is 0 Å². The van der Waals surface area contributed by atoms with Crippen LogP contribution >= 0.6 is 11.8 Å². The summed E-state index contributed by atoms with van der Waals surface area (Å²) in [6, 6.07) is 3.71. The standard InChI is InChI=1S/C18H21F3N4O2S/c19-18(20,21)12-2-3-14(25-7-4-13(10-25)23-6-1-5-22)11(8-12)9-15-16(26)24-17(27)28-15/h2-3,8-9,13,23H,1,4-7,10,22H2,(H,24,26,27)/b15-9+. The van der Waals surface area contributed by atoms with E-state index in [-0.39, 0.29) is 16.5 Å². The molecule has 28 heavy (non-hydrogen) atoms. The average Bonchev–Trinajstić information content (AvgIpc) is 3.21. The molecule has 152 valence electrons. The minimum atomic E-state index is -4.50. The third kappa shape index (κ3) is 4.86. The average molecular weight is 414 g/mol. The summed E-state index contributed by atoms with van der Waals surface area (Å²) in [4.78, 5) is 25.3. The van der Waals surface area contributed by atoms with Gasteiger partial charge in [-0.2, -0.15) is 13.2 Å². The molecule has 0 bridgehead atoms. The molecule has 1 atom stereocenters. The maximum absolute atomic E-state index is 13.2. The van der Waals surface area contributed by atoms with Gasteiger partial charge in [0.25, 0.3) is 11.1 Å². The number of halogens is 3. The van der Waals surface area contributed by atoms with Gasteiger partial charge in [-0.25, -0.2) is 0 Å². The molecule has 1 aromatic carbocycles. The summed E-state index contributed by atoms with van der Waals surface area (Å²) >= 11 is 0.685. The second-order valence-corrected chi connectivity index (χ2v) is 7.67. The lowest BCUT2D eigenvalue weighted by atomic mass is 10.1. The highest BCUT2D eigenvalue weighted by Crippen LogP contribution is 2.36. The highest BCUT2D eigenvalue weighted by Gasteiger charge is 2.33. The van der Waals surface area contributed by atoms with Crippen molar-refractivity contribution >= 4 is 34.7 Å². The van der Waals surface area contributed by atoms with Gasteiger partial charge in [0, 0.05) is 24.8 Å². The lowest BCUT2D eigenvalue weighted by molar-refractivity contribution is -0.137. The fourth-order valence-corrected chi connectivity index (χ4v) is 3.92. The first-order valence-corrected chi connectivity index (χ1v) is 9.74. The Morgan fingerprint density at radius 1 is 1.36 bits per heavy atom. The highest BCUT2D eigenvalue weighted by molar-refractivity contribution is 8.18. The molecule has 2 heterocycles. The van der Waals surface area contributed by atoms with Crippen molar-refractivity contribution in [1.82, 2.24) is 10.6 Å². The molecule has 4 N–H and O–H groups in total. The summed E-state index contributed by atoms with van der Waals surface area (Å²) < 4.78 is 39.5. The zero-order valence-electron chi connectivity index (χ0n) is 15.0. The van der Waals surface area contributed by atoms with E-state index in [1.54, 1.807) is 0 Å². The van der Waals surface area contributed by atoms with Gasteiger partial charge in [-0.15, -0.1) is 0 Å². The number of hydrogen-bond acceptors (Lipinski definition) is 6. The zero-order valence-corrected chi connectivity index (χ0v) is 15.8. The van der Waals surface area contributed by atoms with Gasteiger partial charge in [0.2, 0.25) is 0 Å². The van der Waals surface area contributed by atoms with Crippen LogP contribution < -0.4 is 21.3 Å². The maximum atomic E-state index is 13.2. The number of nitrogens with zero attached hydrogens (tertiary/aromatic N) is 1. The van der Waals surface area contributed by atoms with Gasteiger partial charge in [0.15, 0.2) is 0 Å². The number of carbonyl (C=O) groups excluding carboxylic acids is 2. The monoisotopic (exact) mass is 414 g/mol. The van der Waals surface area contributed by atoms with E-state index >= 15 is 0 Å². The summed E-state index contributed by atoms with van der Waals surface area (Å²) in [5.74, 6) is -0.596. The first kappa shape index (κ1) is 20.7. The summed E-state index contributed by atoms with van der Waals surface area (Å²) in [7, 11) is 0. The van der Waals surface area contributed by atoms with Crippen LogP contribution in [0.25, 0.3) is 6.08 Å². The van der Waals surface area contributed by atoms with Crippen molar-refractivity contribution in [1.29, 1.82) is 0 Å². The number of nitrogens with one attached hydrogen (secondary N) is 2. The molecule has 0 aliphatic carbocycles. The molecule has 2 fully saturated rings. The quantitative estimate of drug-likeness (QED) is 0.490. The van der Waals surface area contributed by atoms with E-state index in [0.29, 0.717) is 37.1 Å². The summed E-state index contributed by atoms with van der Waals surface area (Å²) in [6.45, 7) is 2.71. The Hall–Kier alpha value is -2.04. The van der Waals surface area contributed by atoms with Crippen LogP contribution in [-0.2, 0) is 11.0 Å². The van der Waals surface area contributed by atoms with Gasteiger partial charge >= 0.3 is 6.18 Å². The van der Waals surface area contributed by atoms with Crippen LogP contribution in [0.1, 0.15) is 24.0 Å². The van der Waals surface area contributed by atoms with Crippen molar-refractivity contribution in [2.24, 2.45) is 5.73 Å². The first-order valence-electron chi connectivity index (χ1n) is 8.92. The van der Waals surface area contributed by atoms with Gasteiger partial charge in [0.05, 0.1) is 10.5 Å². The van der Waals surface area contributed by atoms with E-state index in [4.69, 9.17) is 5.73 Å². The zero-order chi connectivity index (χ0) is 20.3. The minimum Gasteiger partial charge on any atom is -0.369 e. The third-order valence-corrected chi connectivity index (χ3v) is 5.44. The maximum Gasteiger partial charge on any atom is 0.416 e. The Morgan fingerprint density at radius 3 is 2.79 bits per heavy atom. The van der Waals surface area contributed by atoms with E-state index in [9.17, 15) is 22.8 Å². The van der Waals surface area contributed by atoms with E-state index in [0.717, 1.165) is 31.5 Å². The smallest absolute Gasteiger partial charge is 0.369 e. The lowest BCUT2D eigenvalue weighted by Gasteiger charge is -2.22. The molecule has 2 amide bonds. The van der Waals surface area contributed by atoms with Crippen molar-refractivity contribution in [3.63, 3.8) is 0 Å². The number of carbonyl (C=O) groups is 2. The second kappa shape index (κ2) is 8.54. The molecule has 3 rings (SSSR count). The first-order chi connectivity index (χ1) is 13.3. The van der Waals surface area contributed by atoms with Gasteiger partial charge < -0.3 is 16.0 Å². The van der Waals surface area contributed by atoms with E-state index in [1.807, 2.05) is 4.90 Å². The molecule has 2 saturated heterocycles. The molecule has 0 aromatic heterocycles. The SMILES string of the molecule is NCCCNC1CCN(c2ccc(C(F)(F)F)cc2/C=C2/SC(=O)NC2=O)C1. The molecule has 6 nitrogen and oxygen atoms in total. The minimum absolute atomic E-state index is 0.0855. The van der Waals surface area contributed by atoms with Crippen molar-refractivity contribution in [2.45, 2.75) is 25.1 Å². The Kier molecular flexibility index (Phi) is 6.31. The van der Waals surface area contributed by atoms with Crippen LogP contribution in [0.3, 0.4) is 0 Å². The van der Waals surface area contributed by atoms with Gasteiger partial charge in [-0.1, -0.05) is 0 Å². The number of thioether (sulfide) groups is 1. The fraction of sp³-hybridized carbons (Fsp3) is 0.444. The van der Waals surface area contributed by atoms with Crippen LogP contribution in [0, 0.1) is 0 Å². The van der Waals surface area contributed by atoms with E-state index in [2.05, 4.69) is 10.6 Å². The molecule has 10 heteroatoms. The Labute approximate surface area is 164 Å². The summed E-state index contributed by atoms with van der Waals surface area (Å²) in [5, 5.41) is 4.98. The van der Waals surface area contributed by atoms with Gasteiger partial charge in [-0.3, -0.25) is 14.9 Å². The van der Waals surface area contributed by atoms with Gasteiger partial charge in [0.1, 0.15) is 0 Å². The molecule has 0 radical (unpaired) electrons.